The fourth-order valence-electron chi connectivity index (χ4n) is 2.43. The Kier molecular flexibility index (Phi) is 4.04. The van der Waals surface area contributed by atoms with Crippen LogP contribution in [0.5, 0.6) is 0 Å². The topological polar surface area (TPSA) is 95.9 Å². The molecule has 1 atom stereocenters. The molecule has 2 aliphatic heterocycles. The van der Waals surface area contributed by atoms with E-state index in [0.717, 1.165) is 4.90 Å². The maximum Gasteiger partial charge on any atom is 0.328 e. The van der Waals surface area contributed by atoms with Crippen molar-refractivity contribution in [3.8, 4) is 0 Å². The lowest BCUT2D eigenvalue weighted by Crippen LogP contribution is -2.52. The standard InChI is InChI=1S/C14H14N2O5S/c17-12-7-22-11-2-1-8(5-9(11)15-12)13(18)16-3-4-21-6-10(16)14(19)20/h1-2,5,10H,3-4,6-7H2,(H,15,17)(H,19,20). The molecule has 8 heteroatoms. The number of carboxylic acids is 1. The van der Waals surface area contributed by atoms with E-state index in [1.165, 1.54) is 16.7 Å². The van der Waals surface area contributed by atoms with Crippen molar-refractivity contribution in [2.24, 2.45) is 0 Å². The van der Waals surface area contributed by atoms with Crippen LogP contribution in [0.2, 0.25) is 0 Å². The zero-order valence-corrected chi connectivity index (χ0v) is 12.4. The molecule has 2 N–H and O–H groups in total. The van der Waals surface area contributed by atoms with Gasteiger partial charge in [0.2, 0.25) is 5.91 Å². The molecule has 7 nitrogen and oxygen atoms in total. The summed E-state index contributed by atoms with van der Waals surface area (Å²) in [6.45, 7) is 0.527. The Hall–Kier alpha value is -2.06. The van der Waals surface area contributed by atoms with E-state index in [1.807, 2.05) is 0 Å². The molecule has 3 rings (SSSR count). The van der Waals surface area contributed by atoms with E-state index >= 15 is 0 Å². The Labute approximate surface area is 130 Å². The van der Waals surface area contributed by atoms with Gasteiger partial charge in [-0.2, -0.15) is 0 Å². The molecule has 1 fully saturated rings. The summed E-state index contributed by atoms with van der Waals surface area (Å²) in [5.74, 6) is -1.22. The number of rotatable bonds is 2. The highest BCUT2D eigenvalue weighted by Gasteiger charge is 2.33. The molecule has 22 heavy (non-hydrogen) atoms. The molecule has 1 aromatic rings. The number of amides is 2. The number of fused-ring (bicyclic) bond motifs is 1. The first-order chi connectivity index (χ1) is 10.6. The molecule has 0 bridgehead atoms. The first kappa shape index (κ1) is 14.9. The minimum atomic E-state index is -1.09. The van der Waals surface area contributed by atoms with Crippen molar-refractivity contribution in [1.29, 1.82) is 0 Å². The molecular formula is C14H14N2O5S. The van der Waals surface area contributed by atoms with Gasteiger partial charge in [-0.25, -0.2) is 4.79 Å². The molecular weight excluding hydrogens is 308 g/mol. The van der Waals surface area contributed by atoms with E-state index in [2.05, 4.69) is 5.32 Å². The highest BCUT2D eigenvalue weighted by Crippen LogP contribution is 2.32. The molecule has 116 valence electrons. The number of benzene rings is 1. The number of nitrogens with zero attached hydrogens (tertiary/aromatic N) is 1. The number of carboxylic acid groups (broad SMARTS) is 1. The van der Waals surface area contributed by atoms with Crippen LogP contribution in [-0.4, -0.2) is 59.3 Å². The molecule has 0 radical (unpaired) electrons. The largest absolute Gasteiger partial charge is 0.480 e. The van der Waals surface area contributed by atoms with Crippen molar-refractivity contribution in [2.45, 2.75) is 10.9 Å². The number of hydrogen-bond donors (Lipinski definition) is 2. The first-order valence-electron chi connectivity index (χ1n) is 6.74. The number of carbonyl (C=O) groups excluding carboxylic acids is 2. The summed E-state index contributed by atoms with van der Waals surface area (Å²) in [6.07, 6.45) is 0. The van der Waals surface area contributed by atoms with Crippen LogP contribution in [0.15, 0.2) is 23.1 Å². The summed E-state index contributed by atoms with van der Waals surface area (Å²) in [5, 5.41) is 11.9. The van der Waals surface area contributed by atoms with Crippen LogP contribution in [0.4, 0.5) is 5.69 Å². The summed E-state index contributed by atoms with van der Waals surface area (Å²) in [7, 11) is 0. The molecule has 2 aliphatic rings. The van der Waals surface area contributed by atoms with Crippen molar-refractivity contribution in [1.82, 2.24) is 4.90 Å². The molecule has 2 amide bonds. The Morgan fingerprint density at radius 3 is 3.00 bits per heavy atom. The number of morpholine rings is 1. The minimum absolute atomic E-state index is 0.0153. The molecule has 1 aromatic carbocycles. The van der Waals surface area contributed by atoms with Gasteiger partial charge in [-0.15, -0.1) is 11.8 Å². The van der Waals surface area contributed by atoms with Crippen LogP contribution in [-0.2, 0) is 14.3 Å². The minimum Gasteiger partial charge on any atom is -0.480 e. The number of nitrogens with one attached hydrogen (secondary N) is 1. The molecule has 1 saturated heterocycles. The lowest BCUT2D eigenvalue weighted by Gasteiger charge is -2.33. The first-order valence-corrected chi connectivity index (χ1v) is 7.73. The van der Waals surface area contributed by atoms with Crippen LogP contribution < -0.4 is 5.32 Å². The number of carbonyl (C=O) groups is 3. The van der Waals surface area contributed by atoms with Gasteiger partial charge in [0.25, 0.3) is 5.91 Å². The SMILES string of the molecule is O=C1CSc2ccc(C(=O)N3CCOCC3C(=O)O)cc2N1. The fraction of sp³-hybridized carbons (Fsp3) is 0.357. The second-order valence-electron chi connectivity index (χ2n) is 4.98. The smallest absolute Gasteiger partial charge is 0.328 e. The van der Waals surface area contributed by atoms with Crippen molar-refractivity contribution < 1.29 is 24.2 Å². The van der Waals surface area contributed by atoms with Crippen LogP contribution in [0, 0.1) is 0 Å². The number of anilines is 1. The van der Waals surface area contributed by atoms with Gasteiger partial charge in [0.15, 0.2) is 6.04 Å². The zero-order valence-electron chi connectivity index (χ0n) is 11.6. The molecule has 0 aliphatic carbocycles. The Morgan fingerprint density at radius 1 is 1.41 bits per heavy atom. The van der Waals surface area contributed by atoms with Crippen molar-refractivity contribution >= 4 is 35.2 Å². The molecule has 0 saturated carbocycles. The van der Waals surface area contributed by atoms with Crippen molar-refractivity contribution in [2.75, 3.05) is 30.8 Å². The van der Waals surface area contributed by atoms with Crippen LogP contribution in [0.1, 0.15) is 10.4 Å². The summed E-state index contributed by atoms with van der Waals surface area (Å²) < 4.78 is 5.13. The van der Waals surface area contributed by atoms with E-state index in [0.29, 0.717) is 23.6 Å². The van der Waals surface area contributed by atoms with Gasteiger partial charge < -0.3 is 20.1 Å². The highest BCUT2D eigenvalue weighted by atomic mass is 32.2. The van der Waals surface area contributed by atoms with Gasteiger partial charge in [-0.3, -0.25) is 9.59 Å². The van der Waals surface area contributed by atoms with Gasteiger partial charge in [-0.05, 0) is 18.2 Å². The highest BCUT2D eigenvalue weighted by molar-refractivity contribution is 8.00. The van der Waals surface area contributed by atoms with E-state index in [4.69, 9.17) is 4.74 Å². The summed E-state index contributed by atoms with van der Waals surface area (Å²) in [4.78, 5) is 37.4. The number of aliphatic carboxylic acids is 1. The average molecular weight is 322 g/mol. The van der Waals surface area contributed by atoms with Crippen LogP contribution in [0.3, 0.4) is 0 Å². The normalized spacial score (nSPS) is 21.0. The lowest BCUT2D eigenvalue weighted by atomic mass is 10.1. The maximum absolute atomic E-state index is 12.6. The second-order valence-corrected chi connectivity index (χ2v) is 5.99. The van der Waals surface area contributed by atoms with Crippen molar-refractivity contribution in [3.63, 3.8) is 0 Å². The second kappa shape index (κ2) is 5.98. The maximum atomic E-state index is 12.6. The number of thioether (sulfide) groups is 1. The van der Waals surface area contributed by atoms with E-state index in [-0.39, 0.29) is 25.0 Å². The zero-order chi connectivity index (χ0) is 15.7. The summed E-state index contributed by atoms with van der Waals surface area (Å²) >= 11 is 1.41. The summed E-state index contributed by atoms with van der Waals surface area (Å²) in [6, 6.07) is 4.03. The van der Waals surface area contributed by atoms with Gasteiger partial charge in [0.05, 0.1) is 24.7 Å². The van der Waals surface area contributed by atoms with Crippen LogP contribution in [0.25, 0.3) is 0 Å². The number of hydrogen-bond acceptors (Lipinski definition) is 5. The molecule has 1 unspecified atom stereocenters. The van der Waals surface area contributed by atoms with Gasteiger partial charge in [0.1, 0.15) is 0 Å². The third-order valence-corrected chi connectivity index (χ3v) is 4.61. The molecule has 0 spiro atoms. The Bertz CT molecular complexity index is 648. The van der Waals surface area contributed by atoms with Gasteiger partial charge in [-0.1, -0.05) is 0 Å². The predicted octanol–water partition coefficient (Wildman–Crippen LogP) is 0.656. The van der Waals surface area contributed by atoms with Gasteiger partial charge in [0, 0.05) is 17.0 Å². The predicted molar refractivity (Wildman–Crippen MR) is 79.1 cm³/mol. The fourth-order valence-corrected chi connectivity index (χ4v) is 3.22. The molecule has 0 aromatic heterocycles. The van der Waals surface area contributed by atoms with Crippen LogP contribution >= 0.6 is 11.8 Å². The van der Waals surface area contributed by atoms with Gasteiger partial charge >= 0.3 is 5.97 Å². The Morgan fingerprint density at radius 2 is 2.23 bits per heavy atom. The third kappa shape index (κ3) is 2.79. The lowest BCUT2D eigenvalue weighted by molar-refractivity contribution is -0.147. The monoisotopic (exact) mass is 322 g/mol. The summed E-state index contributed by atoms with van der Waals surface area (Å²) in [5.41, 5.74) is 0.946. The molecule has 2 heterocycles. The van der Waals surface area contributed by atoms with Crippen molar-refractivity contribution in [3.05, 3.63) is 23.8 Å². The Balaban J connectivity index is 1.86. The average Bonchev–Trinajstić information content (AvgIpc) is 2.53. The van der Waals surface area contributed by atoms with E-state index in [9.17, 15) is 19.5 Å². The van der Waals surface area contributed by atoms with E-state index < -0.39 is 12.0 Å². The third-order valence-electron chi connectivity index (χ3n) is 3.53. The quantitative estimate of drug-likeness (QED) is 0.830. The van der Waals surface area contributed by atoms with E-state index in [1.54, 1.807) is 18.2 Å². The number of ether oxygens (including phenoxy) is 1.